The van der Waals surface area contributed by atoms with Crippen molar-refractivity contribution in [3.05, 3.63) is 14.9 Å². The Balaban J connectivity index is -0.0000000540. The molecular weight excluding hydrogens is 295 g/mol. The van der Waals surface area contributed by atoms with Gasteiger partial charge in [-0.05, 0) is 5.92 Å². The maximum absolute atomic E-state index is 2.42. The molecule has 0 spiro atoms. The first-order valence-corrected chi connectivity index (χ1v) is 13.9. The second-order valence-corrected chi connectivity index (χ2v) is 18.6. The zero-order valence-electron chi connectivity index (χ0n) is 15.0. The van der Waals surface area contributed by atoms with E-state index in [4.69, 9.17) is 0 Å². The van der Waals surface area contributed by atoms with E-state index in [0.29, 0.717) is 0 Å². The van der Waals surface area contributed by atoms with E-state index < -0.39 is 16.1 Å². The van der Waals surface area contributed by atoms with Crippen molar-refractivity contribution >= 4 is 16.1 Å². The molecule has 0 aromatic heterocycles. The summed E-state index contributed by atoms with van der Waals surface area (Å²) < 4.78 is 0. The topological polar surface area (TPSA) is 0 Å². The minimum Gasteiger partial charge on any atom is -0.358 e. The van der Waals surface area contributed by atoms with Gasteiger partial charge in [-0.25, -0.2) is 0 Å². The van der Waals surface area contributed by atoms with Gasteiger partial charge < -0.3 is 14.9 Å². The van der Waals surface area contributed by atoms with Crippen molar-refractivity contribution in [2.75, 3.05) is 0 Å². The van der Waals surface area contributed by atoms with Crippen molar-refractivity contribution < 1.29 is 16.5 Å². The molecule has 0 unspecified atom stereocenters. The number of rotatable bonds is 4. The van der Waals surface area contributed by atoms with Crippen molar-refractivity contribution in [2.45, 2.75) is 78.6 Å². The van der Waals surface area contributed by atoms with Gasteiger partial charge in [0.1, 0.15) is 0 Å². The van der Waals surface area contributed by atoms with Crippen LogP contribution >= 0.6 is 0 Å². The Morgan fingerprint density at radius 1 is 0.778 bits per heavy atom. The number of hydrogen-bond acceptors (Lipinski definition) is 0. The molecule has 0 rings (SSSR count). The average molecular weight is 335 g/mol. The molecule has 0 heterocycles. The van der Waals surface area contributed by atoms with Gasteiger partial charge in [-0.3, -0.25) is 0 Å². The van der Waals surface area contributed by atoms with Crippen LogP contribution in [0, 0.1) is 20.8 Å². The molecule has 0 aliphatic carbocycles. The van der Waals surface area contributed by atoms with Gasteiger partial charge in [-0.1, -0.05) is 78.6 Å². The number of hydrogen-bond donors (Lipinski definition) is 0. The van der Waals surface area contributed by atoms with Crippen LogP contribution in [0.25, 0.3) is 0 Å². The van der Waals surface area contributed by atoms with Gasteiger partial charge in [-0.2, -0.15) is 0 Å². The first-order chi connectivity index (χ1) is 6.48. The molecule has 3 heteroatoms. The molecule has 0 aliphatic rings. The maximum atomic E-state index is 2.42. The predicted molar refractivity (Wildman–Crippen MR) is 94.3 cm³/mol. The van der Waals surface area contributed by atoms with E-state index in [1.807, 2.05) is 0 Å². The molecule has 0 aromatic rings. The van der Waals surface area contributed by atoms with Crippen LogP contribution in [0.15, 0.2) is 0 Å². The Kier molecular flexibility index (Phi) is 25.0. The maximum Gasteiger partial charge on any atom is 2.00 e. The average Bonchev–Trinajstić information content (AvgIpc) is 1.77. The third-order valence-electron chi connectivity index (χ3n) is 2.02. The van der Waals surface area contributed by atoms with E-state index in [-0.39, 0.29) is 31.3 Å². The normalized spacial score (nSPS) is 10.3. The largest absolute Gasteiger partial charge is 2.00 e. The third kappa shape index (κ3) is 43.6. The molecule has 0 atom stereocenters. The summed E-state index contributed by atoms with van der Waals surface area (Å²) in [5, 5.41) is 0. The Morgan fingerprint density at radius 2 is 1.11 bits per heavy atom. The first kappa shape index (κ1) is 31.4. The zero-order chi connectivity index (χ0) is 12.7. The molecule has 118 valence electrons. The van der Waals surface area contributed by atoms with Crippen molar-refractivity contribution in [1.82, 2.24) is 0 Å². The molecule has 0 amide bonds. The van der Waals surface area contributed by atoms with Crippen LogP contribution in [0.4, 0.5) is 0 Å². The molecule has 0 aromatic carbocycles. The molecule has 0 aliphatic heterocycles. The predicted octanol–water partition coefficient (Wildman–Crippen LogP) is 6.61. The molecule has 0 radical (unpaired) electrons. The third-order valence-corrected chi connectivity index (χ3v) is 6.06. The first-order valence-electron chi connectivity index (χ1n) is 6.48. The van der Waals surface area contributed by atoms with Gasteiger partial charge in [0.2, 0.25) is 0 Å². The van der Waals surface area contributed by atoms with E-state index in [2.05, 4.69) is 60.1 Å². The summed E-state index contributed by atoms with van der Waals surface area (Å²) in [5.41, 5.74) is 0. The van der Waals surface area contributed by atoms with E-state index >= 15 is 0 Å². The van der Waals surface area contributed by atoms with Crippen LogP contribution in [0.5, 0.6) is 0 Å². The summed E-state index contributed by atoms with van der Waals surface area (Å²) in [4.78, 5) is 0. The Hall–Kier alpha value is 0.927. The van der Waals surface area contributed by atoms with Crippen LogP contribution in [-0.2, 0) is 16.5 Å². The molecule has 18 heavy (non-hydrogen) atoms. The summed E-state index contributed by atoms with van der Waals surface area (Å²) in [6.07, 6.45) is 1.37. The smallest absolute Gasteiger partial charge is 0.358 e. The minimum absolute atomic E-state index is 0. The fraction of sp³-hybridized carbons (Fsp3) is 0.867. The monoisotopic (exact) mass is 334 g/mol. The van der Waals surface area contributed by atoms with Crippen LogP contribution in [0.2, 0.25) is 51.4 Å². The van der Waals surface area contributed by atoms with Crippen molar-refractivity contribution in [1.29, 1.82) is 0 Å². The SMILES string of the molecule is CC(C)C[Si](C)(C)C.CCC[Si](C)(C)C.[CH3-].[CH3-].[Ni+2]. The van der Waals surface area contributed by atoms with E-state index in [1.165, 1.54) is 18.5 Å². The van der Waals surface area contributed by atoms with Crippen LogP contribution < -0.4 is 0 Å². The van der Waals surface area contributed by atoms with Gasteiger partial charge in [0.25, 0.3) is 0 Å². The van der Waals surface area contributed by atoms with Gasteiger partial charge >= 0.3 is 16.5 Å². The fourth-order valence-corrected chi connectivity index (χ4v) is 5.92. The van der Waals surface area contributed by atoms with Gasteiger partial charge in [0.15, 0.2) is 0 Å². The Bertz CT molecular complexity index is 144. The summed E-state index contributed by atoms with van der Waals surface area (Å²) >= 11 is 0. The Labute approximate surface area is 132 Å². The molecule has 0 fully saturated rings. The molecule has 0 nitrogen and oxygen atoms in total. The van der Waals surface area contributed by atoms with Gasteiger partial charge in [0, 0.05) is 16.1 Å². The molecule has 0 saturated carbocycles. The summed E-state index contributed by atoms with van der Waals surface area (Å²) in [5.74, 6) is 0.904. The minimum atomic E-state index is -0.720. The van der Waals surface area contributed by atoms with Crippen molar-refractivity contribution in [3.63, 3.8) is 0 Å². The molecule has 0 saturated heterocycles. The second-order valence-electron chi connectivity index (χ2n) is 7.47. The zero-order valence-corrected chi connectivity index (χ0v) is 18.0. The Morgan fingerprint density at radius 3 is 1.11 bits per heavy atom. The molecular formula is C15H40NiSi2. The quantitative estimate of drug-likeness (QED) is 0.400. The van der Waals surface area contributed by atoms with Crippen LogP contribution in [0.1, 0.15) is 27.2 Å². The van der Waals surface area contributed by atoms with Crippen molar-refractivity contribution in [3.8, 4) is 0 Å². The summed E-state index contributed by atoms with van der Waals surface area (Å²) in [6.45, 7) is 21.4. The molecule has 0 N–H and O–H groups in total. The molecule has 0 bridgehead atoms. The second kappa shape index (κ2) is 14.3. The van der Waals surface area contributed by atoms with Gasteiger partial charge in [0.05, 0.1) is 0 Å². The standard InChI is InChI=1S/C7H18Si.C6H16Si.2CH3.Ni/c1-7(2)6-8(3,4)5;1-5-6-7(2,3)4;;;/h7H,6H2,1-5H3;5-6H2,1-4H3;2*1H3;/q;;2*-1;+2. The van der Waals surface area contributed by atoms with E-state index in [9.17, 15) is 0 Å². The fourth-order valence-electron chi connectivity index (χ4n) is 1.97. The van der Waals surface area contributed by atoms with Crippen LogP contribution in [0.3, 0.4) is 0 Å². The van der Waals surface area contributed by atoms with Crippen LogP contribution in [-0.4, -0.2) is 16.1 Å². The van der Waals surface area contributed by atoms with Gasteiger partial charge in [-0.15, -0.1) is 0 Å². The van der Waals surface area contributed by atoms with E-state index in [1.54, 1.807) is 0 Å². The summed E-state index contributed by atoms with van der Waals surface area (Å²) in [6, 6.07) is 2.94. The summed E-state index contributed by atoms with van der Waals surface area (Å²) in [7, 11) is -1.38. The van der Waals surface area contributed by atoms with E-state index in [0.717, 1.165) is 5.92 Å². The van der Waals surface area contributed by atoms with Crippen molar-refractivity contribution in [2.24, 2.45) is 5.92 Å².